The molecule has 0 spiro atoms. The first-order valence-corrected chi connectivity index (χ1v) is 11.6. The molecule has 2 aromatic heterocycles. The van der Waals surface area contributed by atoms with Gasteiger partial charge >= 0.3 is 0 Å². The normalized spacial score (nSPS) is 13.7. The van der Waals surface area contributed by atoms with Gasteiger partial charge in [-0.05, 0) is 32.1 Å². The highest BCUT2D eigenvalue weighted by atomic mass is 32.2. The molecule has 0 aliphatic heterocycles. The first-order chi connectivity index (χ1) is 14.4. The summed E-state index contributed by atoms with van der Waals surface area (Å²) in [7, 11) is 0. The number of rotatable bonds is 7. The van der Waals surface area contributed by atoms with Crippen molar-refractivity contribution in [2.24, 2.45) is 5.73 Å². The van der Waals surface area contributed by atoms with Gasteiger partial charge in [0.05, 0.1) is 23.3 Å². The molecule has 2 aromatic rings. The molecule has 162 valence electrons. The minimum absolute atomic E-state index is 0.313. The van der Waals surface area contributed by atoms with Gasteiger partial charge in [0.2, 0.25) is 0 Å². The number of fused-ring (bicyclic) bond motifs is 1. The fraction of sp³-hybridized carbons (Fsp3) is 0.435. The Morgan fingerprint density at radius 2 is 2.00 bits per heavy atom. The van der Waals surface area contributed by atoms with Gasteiger partial charge in [-0.3, -0.25) is 4.79 Å². The maximum Gasteiger partial charge on any atom is 0.251 e. The second kappa shape index (κ2) is 11.7. The molecular formula is C23H32N4O2S. The maximum atomic E-state index is 12.1. The molecule has 0 fully saturated rings. The first-order valence-electron chi connectivity index (χ1n) is 10.2. The Kier molecular flexibility index (Phi) is 9.33. The highest BCUT2D eigenvalue weighted by Crippen LogP contribution is 2.32. The van der Waals surface area contributed by atoms with Gasteiger partial charge in [0.25, 0.3) is 5.91 Å². The topological polar surface area (TPSA) is 83.0 Å². The number of thioether (sulfide) groups is 1. The minimum atomic E-state index is -0.499. The molecule has 6 nitrogen and oxygen atoms in total. The number of carbonyl (C=O) groups is 1. The van der Waals surface area contributed by atoms with Crippen molar-refractivity contribution in [3.63, 3.8) is 0 Å². The van der Waals surface area contributed by atoms with Gasteiger partial charge in [-0.25, -0.2) is 9.97 Å². The van der Waals surface area contributed by atoms with Crippen molar-refractivity contribution in [3.05, 3.63) is 53.2 Å². The molecule has 0 atom stereocenters. The average molecular weight is 429 g/mol. The van der Waals surface area contributed by atoms with E-state index in [4.69, 9.17) is 10.5 Å². The number of ether oxygens (including phenoxy) is 1. The smallest absolute Gasteiger partial charge is 0.251 e. The number of primary amides is 1. The third-order valence-electron chi connectivity index (χ3n) is 4.53. The predicted molar refractivity (Wildman–Crippen MR) is 126 cm³/mol. The zero-order valence-corrected chi connectivity index (χ0v) is 19.4. The third-order valence-corrected chi connectivity index (χ3v) is 5.10. The molecule has 2 heterocycles. The lowest BCUT2D eigenvalue weighted by Crippen LogP contribution is -2.11. The standard InChI is InChI=1S/C20H24N4O2S.C3H8/c1-13-4-6-14(2)15(7-5-13)18-17-16(19(21)25)10-24(12-26-8-9-27-3)20(17)23-11-22-18;1-3-2/h5-7,10-11H,4,8-9,12H2,1-3H3,(H2,21,25);3H2,1-2H3. The van der Waals surface area contributed by atoms with Gasteiger partial charge in [-0.1, -0.05) is 44.1 Å². The van der Waals surface area contributed by atoms with E-state index >= 15 is 0 Å². The minimum Gasteiger partial charge on any atom is -0.366 e. The van der Waals surface area contributed by atoms with Crippen LogP contribution in [-0.2, 0) is 11.5 Å². The summed E-state index contributed by atoms with van der Waals surface area (Å²) >= 11 is 1.72. The van der Waals surface area contributed by atoms with Crippen molar-refractivity contribution in [1.82, 2.24) is 14.5 Å². The quantitative estimate of drug-likeness (QED) is 0.630. The highest BCUT2D eigenvalue weighted by molar-refractivity contribution is 7.98. The van der Waals surface area contributed by atoms with E-state index in [1.165, 1.54) is 18.3 Å². The Morgan fingerprint density at radius 3 is 2.67 bits per heavy atom. The van der Waals surface area contributed by atoms with Crippen LogP contribution >= 0.6 is 11.8 Å². The Labute approximate surface area is 183 Å². The Morgan fingerprint density at radius 1 is 1.27 bits per heavy atom. The monoisotopic (exact) mass is 428 g/mol. The molecule has 30 heavy (non-hydrogen) atoms. The lowest BCUT2D eigenvalue weighted by atomic mass is 10.00. The molecule has 0 aromatic carbocycles. The van der Waals surface area contributed by atoms with E-state index in [0.29, 0.717) is 29.9 Å². The van der Waals surface area contributed by atoms with Crippen molar-refractivity contribution in [3.8, 4) is 0 Å². The molecule has 1 amide bonds. The molecule has 2 N–H and O–H groups in total. The van der Waals surface area contributed by atoms with Crippen LogP contribution in [0.25, 0.3) is 16.6 Å². The van der Waals surface area contributed by atoms with Crippen molar-refractivity contribution in [2.75, 3.05) is 18.6 Å². The van der Waals surface area contributed by atoms with E-state index in [9.17, 15) is 4.79 Å². The van der Waals surface area contributed by atoms with Gasteiger partial charge in [0.1, 0.15) is 18.7 Å². The molecule has 3 rings (SSSR count). The van der Waals surface area contributed by atoms with Crippen molar-refractivity contribution < 1.29 is 9.53 Å². The number of nitrogens with two attached hydrogens (primary N) is 1. The van der Waals surface area contributed by atoms with Crippen LogP contribution < -0.4 is 5.73 Å². The zero-order chi connectivity index (χ0) is 22.1. The molecule has 7 heteroatoms. The Hall–Kier alpha value is -2.38. The summed E-state index contributed by atoms with van der Waals surface area (Å²) in [5, 5.41) is 0.672. The van der Waals surface area contributed by atoms with Gasteiger partial charge in [0, 0.05) is 17.5 Å². The summed E-state index contributed by atoms with van der Waals surface area (Å²) in [6.45, 7) is 9.34. The molecule has 1 aliphatic carbocycles. The van der Waals surface area contributed by atoms with Crippen LogP contribution in [0.2, 0.25) is 0 Å². The lowest BCUT2D eigenvalue weighted by molar-refractivity contribution is 0.0921. The average Bonchev–Trinajstić information content (AvgIpc) is 3.01. The number of nitrogens with zero attached hydrogens (tertiary/aromatic N) is 3. The Balaban J connectivity index is 0.00000101. The predicted octanol–water partition coefficient (Wildman–Crippen LogP) is 4.96. The third kappa shape index (κ3) is 5.83. The molecule has 0 saturated carbocycles. The fourth-order valence-corrected chi connectivity index (χ4v) is 3.32. The van der Waals surface area contributed by atoms with E-state index in [2.05, 4.69) is 49.8 Å². The van der Waals surface area contributed by atoms with E-state index in [0.717, 1.165) is 29.0 Å². The summed E-state index contributed by atoms with van der Waals surface area (Å²) in [5.74, 6) is 0.409. The lowest BCUT2D eigenvalue weighted by Gasteiger charge is -2.09. The van der Waals surface area contributed by atoms with Crippen molar-refractivity contribution in [1.29, 1.82) is 0 Å². The van der Waals surface area contributed by atoms with Gasteiger partial charge in [-0.15, -0.1) is 0 Å². The summed E-state index contributed by atoms with van der Waals surface area (Å²) in [6.07, 6.45) is 13.7. The van der Waals surface area contributed by atoms with Gasteiger partial charge in [-0.2, -0.15) is 11.8 Å². The van der Waals surface area contributed by atoms with Crippen LogP contribution in [-0.4, -0.2) is 39.1 Å². The maximum absolute atomic E-state index is 12.1. The molecule has 0 saturated heterocycles. The molecule has 1 aliphatic rings. The van der Waals surface area contributed by atoms with Gasteiger partial charge in [0.15, 0.2) is 0 Å². The molecular weight excluding hydrogens is 396 g/mol. The summed E-state index contributed by atoms with van der Waals surface area (Å²) in [4.78, 5) is 21.0. The van der Waals surface area contributed by atoms with Gasteiger partial charge < -0.3 is 15.0 Å². The fourth-order valence-electron chi connectivity index (χ4n) is 3.03. The molecule has 0 unspecified atom stereocenters. The Bertz CT molecular complexity index is 973. The van der Waals surface area contributed by atoms with Crippen LogP contribution in [0.5, 0.6) is 0 Å². The number of allylic oxidation sites excluding steroid dienone is 6. The van der Waals surface area contributed by atoms with E-state index in [1.54, 1.807) is 18.0 Å². The number of amides is 1. The summed E-state index contributed by atoms with van der Waals surface area (Å²) in [5.41, 5.74) is 10.8. The van der Waals surface area contributed by atoms with E-state index < -0.39 is 5.91 Å². The van der Waals surface area contributed by atoms with Crippen LogP contribution in [0, 0.1) is 0 Å². The van der Waals surface area contributed by atoms with Crippen molar-refractivity contribution >= 4 is 34.3 Å². The van der Waals surface area contributed by atoms with Crippen LogP contribution in [0.15, 0.2) is 41.9 Å². The van der Waals surface area contributed by atoms with E-state index in [-0.39, 0.29) is 0 Å². The molecule has 0 bridgehead atoms. The molecule has 0 radical (unpaired) electrons. The van der Waals surface area contributed by atoms with Crippen LogP contribution in [0.4, 0.5) is 0 Å². The highest BCUT2D eigenvalue weighted by Gasteiger charge is 2.21. The van der Waals surface area contributed by atoms with Crippen LogP contribution in [0.1, 0.15) is 56.6 Å². The van der Waals surface area contributed by atoms with Crippen molar-refractivity contribution in [2.45, 2.75) is 47.3 Å². The summed E-state index contributed by atoms with van der Waals surface area (Å²) < 4.78 is 7.51. The van der Waals surface area contributed by atoms with Crippen LogP contribution in [0.3, 0.4) is 0 Å². The number of aromatic nitrogens is 3. The summed E-state index contributed by atoms with van der Waals surface area (Å²) in [6, 6.07) is 0. The largest absolute Gasteiger partial charge is 0.366 e. The second-order valence-corrected chi connectivity index (χ2v) is 8.21. The number of hydrogen-bond acceptors (Lipinski definition) is 5. The number of hydrogen-bond donors (Lipinski definition) is 1. The SMILES string of the molecule is CCC.CSCCOCn1cc(C(N)=O)c2c(C3=CC=C(C)CC=C3C)ncnc21. The first kappa shape index (κ1) is 23.9. The zero-order valence-electron chi connectivity index (χ0n) is 18.6. The second-order valence-electron chi connectivity index (χ2n) is 7.22. The van der Waals surface area contributed by atoms with E-state index in [1.807, 2.05) is 16.9 Å². The number of carbonyl (C=O) groups excluding carboxylic acids is 1.